The summed E-state index contributed by atoms with van der Waals surface area (Å²) in [6.45, 7) is 6.49. The summed E-state index contributed by atoms with van der Waals surface area (Å²) < 4.78 is 16.9. The zero-order valence-corrected chi connectivity index (χ0v) is 51.0. The lowest BCUT2D eigenvalue weighted by Gasteiger charge is -2.18. The SMILES string of the molecule is CC/C=C\C/C=C\C/C=C\C/C=C\CCCCC(=O)OC(COC(=O)CCCCCCC/C=C\CCCCCC)COC(=O)CCCCCCCCCCCCCCCCCCCCC/C=C\C/C=C\CCCCCCC. The first-order chi connectivity index (χ1) is 38.0. The predicted octanol–water partition coefficient (Wildman–Crippen LogP) is 22.7. The van der Waals surface area contributed by atoms with Gasteiger partial charge in [0.2, 0.25) is 0 Å². The summed E-state index contributed by atoms with van der Waals surface area (Å²) >= 11 is 0. The monoisotopic (exact) mass is 1070 g/mol. The van der Waals surface area contributed by atoms with Crippen LogP contribution in [0.15, 0.2) is 85.1 Å². The zero-order valence-electron chi connectivity index (χ0n) is 51.0. The van der Waals surface area contributed by atoms with Crippen LogP contribution in [0.5, 0.6) is 0 Å². The van der Waals surface area contributed by atoms with Gasteiger partial charge in [0.05, 0.1) is 0 Å². The fourth-order valence-electron chi connectivity index (χ4n) is 9.40. The lowest BCUT2D eigenvalue weighted by atomic mass is 10.0. The quantitative estimate of drug-likeness (QED) is 0.0261. The van der Waals surface area contributed by atoms with E-state index < -0.39 is 6.10 Å². The van der Waals surface area contributed by atoms with E-state index in [0.717, 1.165) is 89.9 Å². The summed E-state index contributed by atoms with van der Waals surface area (Å²) in [5, 5.41) is 0. The fourth-order valence-corrected chi connectivity index (χ4v) is 9.40. The molecule has 0 aromatic carbocycles. The van der Waals surface area contributed by atoms with Crippen LogP contribution in [0.3, 0.4) is 0 Å². The van der Waals surface area contributed by atoms with Gasteiger partial charge in [0.15, 0.2) is 6.10 Å². The second-order valence-corrected chi connectivity index (χ2v) is 22.0. The van der Waals surface area contributed by atoms with E-state index >= 15 is 0 Å². The smallest absolute Gasteiger partial charge is 0.306 e. The second kappa shape index (κ2) is 65.1. The van der Waals surface area contributed by atoms with Crippen molar-refractivity contribution in [3.05, 3.63) is 85.1 Å². The van der Waals surface area contributed by atoms with Crippen LogP contribution in [-0.2, 0) is 28.6 Å². The number of esters is 3. The number of hydrogen-bond donors (Lipinski definition) is 0. The Morgan fingerprint density at radius 1 is 0.273 bits per heavy atom. The topological polar surface area (TPSA) is 78.9 Å². The highest BCUT2D eigenvalue weighted by Gasteiger charge is 2.19. The van der Waals surface area contributed by atoms with E-state index in [2.05, 4.69) is 106 Å². The Labute approximate surface area is 477 Å². The van der Waals surface area contributed by atoms with Crippen molar-refractivity contribution >= 4 is 17.9 Å². The van der Waals surface area contributed by atoms with Gasteiger partial charge < -0.3 is 14.2 Å². The van der Waals surface area contributed by atoms with E-state index in [1.807, 2.05) is 0 Å². The van der Waals surface area contributed by atoms with Gasteiger partial charge in [-0.05, 0) is 116 Å². The second-order valence-electron chi connectivity index (χ2n) is 22.0. The van der Waals surface area contributed by atoms with E-state index in [-0.39, 0.29) is 37.5 Å². The van der Waals surface area contributed by atoms with Gasteiger partial charge >= 0.3 is 17.9 Å². The number of unbranched alkanes of at least 4 members (excludes halogenated alkanes) is 35. The van der Waals surface area contributed by atoms with Crippen molar-refractivity contribution < 1.29 is 28.6 Å². The molecule has 1 unspecified atom stereocenters. The Morgan fingerprint density at radius 2 is 0.506 bits per heavy atom. The molecule has 77 heavy (non-hydrogen) atoms. The normalized spacial score (nSPS) is 12.6. The zero-order chi connectivity index (χ0) is 55.7. The van der Waals surface area contributed by atoms with Crippen LogP contribution < -0.4 is 0 Å². The Hall–Kier alpha value is -3.41. The van der Waals surface area contributed by atoms with Crippen LogP contribution in [0.2, 0.25) is 0 Å². The van der Waals surface area contributed by atoms with Crippen molar-refractivity contribution in [1.82, 2.24) is 0 Å². The first-order valence-electron chi connectivity index (χ1n) is 33.1. The van der Waals surface area contributed by atoms with Crippen LogP contribution in [0.4, 0.5) is 0 Å². The molecule has 0 aliphatic rings. The maximum atomic E-state index is 12.9. The summed E-state index contributed by atoms with van der Waals surface area (Å²) in [5.41, 5.74) is 0. The van der Waals surface area contributed by atoms with E-state index in [1.54, 1.807) is 0 Å². The molecule has 0 spiro atoms. The van der Waals surface area contributed by atoms with E-state index in [1.165, 1.54) is 193 Å². The minimum Gasteiger partial charge on any atom is -0.462 e. The molecule has 0 aromatic heterocycles. The van der Waals surface area contributed by atoms with Crippen molar-refractivity contribution in [1.29, 1.82) is 0 Å². The lowest BCUT2D eigenvalue weighted by Crippen LogP contribution is -2.30. The van der Waals surface area contributed by atoms with Gasteiger partial charge in [-0.15, -0.1) is 0 Å². The minimum absolute atomic E-state index is 0.0934. The molecule has 6 nitrogen and oxygen atoms in total. The van der Waals surface area contributed by atoms with Crippen LogP contribution in [0, 0.1) is 0 Å². The molecule has 6 heteroatoms. The first-order valence-corrected chi connectivity index (χ1v) is 33.1. The minimum atomic E-state index is -0.801. The fraction of sp³-hybridized carbons (Fsp3) is 0.761. The lowest BCUT2D eigenvalue weighted by molar-refractivity contribution is -0.167. The number of rotatable bonds is 60. The van der Waals surface area contributed by atoms with Gasteiger partial charge in [0.1, 0.15) is 13.2 Å². The predicted molar refractivity (Wildman–Crippen MR) is 334 cm³/mol. The molecule has 0 bridgehead atoms. The largest absolute Gasteiger partial charge is 0.462 e. The van der Waals surface area contributed by atoms with Crippen molar-refractivity contribution in [2.45, 2.75) is 335 Å². The molecule has 0 heterocycles. The standard InChI is InChI=1S/C71H124O6/c1-4-7-10-13-16-19-22-25-27-28-29-30-31-32-33-34-35-36-37-38-39-40-41-42-44-46-49-52-55-58-61-64-70(73)76-67-68(66-75-69(72)63-60-57-54-51-48-45-24-21-18-15-12-9-6-3)77-71(74)65-62-59-56-53-50-47-43-26-23-20-17-14-11-8-5-2/h8,11,17,20-22,24-26,28-29,43,50,53,68H,4-7,9-10,12-16,18-19,23,27,30-42,44-49,51-52,54-67H2,1-3H3/b11-8-,20-17-,24-21-,25-22-,29-28-,43-26-,53-50-. The average molecular weight is 1070 g/mol. The molecule has 0 rings (SSSR count). The van der Waals surface area contributed by atoms with E-state index in [9.17, 15) is 14.4 Å². The molecular weight excluding hydrogens is 949 g/mol. The summed E-state index contributed by atoms with van der Waals surface area (Å²) in [6, 6.07) is 0. The highest BCUT2D eigenvalue weighted by atomic mass is 16.6. The van der Waals surface area contributed by atoms with Crippen LogP contribution in [0.25, 0.3) is 0 Å². The van der Waals surface area contributed by atoms with Crippen molar-refractivity contribution in [2.24, 2.45) is 0 Å². The molecule has 0 N–H and O–H groups in total. The molecule has 0 saturated carbocycles. The maximum Gasteiger partial charge on any atom is 0.306 e. The number of allylic oxidation sites excluding steroid dienone is 14. The summed E-state index contributed by atoms with van der Waals surface area (Å²) in [5.74, 6) is -0.933. The third-order valence-corrected chi connectivity index (χ3v) is 14.4. The molecule has 0 radical (unpaired) electrons. The Bertz CT molecular complexity index is 1470. The summed E-state index contributed by atoms with van der Waals surface area (Å²) in [7, 11) is 0. The third-order valence-electron chi connectivity index (χ3n) is 14.4. The summed E-state index contributed by atoms with van der Waals surface area (Å²) in [6.07, 6.45) is 86.2. The molecule has 1 atom stereocenters. The summed E-state index contributed by atoms with van der Waals surface area (Å²) in [4.78, 5) is 38.2. The van der Waals surface area contributed by atoms with Gasteiger partial charge in [-0.1, -0.05) is 279 Å². The molecular formula is C71H124O6. The van der Waals surface area contributed by atoms with E-state index in [4.69, 9.17) is 14.2 Å². The molecule has 0 amide bonds. The Kier molecular flexibility index (Phi) is 62.2. The van der Waals surface area contributed by atoms with Gasteiger partial charge in [-0.2, -0.15) is 0 Å². The highest BCUT2D eigenvalue weighted by molar-refractivity contribution is 5.71. The molecule has 0 aliphatic carbocycles. The number of carbonyl (C=O) groups is 3. The van der Waals surface area contributed by atoms with Crippen LogP contribution in [-0.4, -0.2) is 37.2 Å². The van der Waals surface area contributed by atoms with Gasteiger partial charge in [0.25, 0.3) is 0 Å². The molecule has 0 aliphatic heterocycles. The average Bonchev–Trinajstić information content (AvgIpc) is 3.43. The highest BCUT2D eigenvalue weighted by Crippen LogP contribution is 2.17. The van der Waals surface area contributed by atoms with Crippen molar-refractivity contribution in [3.8, 4) is 0 Å². The van der Waals surface area contributed by atoms with Gasteiger partial charge in [-0.25, -0.2) is 0 Å². The third kappa shape index (κ3) is 63.3. The van der Waals surface area contributed by atoms with Gasteiger partial charge in [0, 0.05) is 19.3 Å². The van der Waals surface area contributed by atoms with Crippen LogP contribution >= 0.6 is 0 Å². The number of ether oxygens (including phenoxy) is 3. The first kappa shape index (κ1) is 73.6. The molecule has 0 fully saturated rings. The molecule has 444 valence electrons. The Morgan fingerprint density at radius 3 is 0.844 bits per heavy atom. The molecule has 0 saturated heterocycles. The van der Waals surface area contributed by atoms with Crippen molar-refractivity contribution in [3.63, 3.8) is 0 Å². The number of hydrogen-bond acceptors (Lipinski definition) is 6. The van der Waals surface area contributed by atoms with Crippen molar-refractivity contribution in [2.75, 3.05) is 13.2 Å². The number of carbonyl (C=O) groups excluding carboxylic acids is 3. The van der Waals surface area contributed by atoms with Crippen LogP contribution in [0.1, 0.15) is 329 Å². The van der Waals surface area contributed by atoms with Gasteiger partial charge in [-0.3, -0.25) is 14.4 Å². The van der Waals surface area contributed by atoms with E-state index in [0.29, 0.717) is 19.3 Å². The molecule has 0 aromatic rings. The maximum absolute atomic E-state index is 12.9. The Balaban J connectivity index is 4.19.